The van der Waals surface area contributed by atoms with E-state index in [0.717, 1.165) is 18.2 Å². The quantitative estimate of drug-likeness (QED) is 0.659. The van der Waals surface area contributed by atoms with Crippen LogP contribution < -0.4 is 0 Å². The van der Waals surface area contributed by atoms with E-state index in [1.54, 1.807) is 12.4 Å². The fourth-order valence-electron chi connectivity index (χ4n) is 0.877. The van der Waals surface area contributed by atoms with Crippen molar-refractivity contribution >= 4 is 0 Å². The predicted octanol–water partition coefficient (Wildman–Crippen LogP) is 2.07. The molecule has 0 N–H and O–H groups in total. The fraction of sp³-hybridized carbons (Fsp3) is 0.556. The number of rotatable bonds is 3. The molecular weight excluding hydrogens is 136 g/mol. The molecule has 1 heterocycles. The van der Waals surface area contributed by atoms with Gasteiger partial charge in [0.1, 0.15) is 5.82 Å². The second kappa shape index (κ2) is 4.06. The van der Waals surface area contributed by atoms with Crippen molar-refractivity contribution in [3.63, 3.8) is 0 Å². The van der Waals surface area contributed by atoms with Gasteiger partial charge in [0.05, 0.1) is 0 Å². The molecule has 0 aromatic carbocycles. The van der Waals surface area contributed by atoms with Crippen LogP contribution >= 0.6 is 0 Å². The minimum atomic E-state index is 0.735. The summed E-state index contributed by atoms with van der Waals surface area (Å²) in [5, 5.41) is 0. The first-order valence-electron chi connectivity index (χ1n) is 4.05. The van der Waals surface area contributed by atoms with E-state index in [2.05, 4.69) is 23.8 Å². The molecule has 0 atom stereocenters. The standard InChI is InChI=1S/C9H14N2/c1-8(2)4-5-9-10-6-3-7-11-9/h3,6-8H,4-5H2,1-2H3. The molecule has 1 aromatic heterocycles. The first-order valence-corrected chi connectivity index (χ1v) is 4.05. The highest BCUT2D eigenvalue weighted by Gasteiger charge is 1.96. The smallest absolute Gasteiger partial charge is 0.128 e. The summed E-state index contributed by atoms with van der Waals surface area (Å²) in [6.07, 6.45) is 5.76. The molecule has 2 heteroatoms. The fourth-order valence-corrected chi connectivity index (χ4v) is 0.877. The number of aryl methyl sites for hydroxylation is 1. The van der Waals surface area contributed by atoms with Crippen LogP contribution in [0.4, 0.5) is 0 Å². The zero-order chi connectivity index (χ0) is 8.10. The Kier molecular flexibility index (Phi) is 3.02. The van der Waals surface area contributed by atoms with Gasteiger partial charge in [-0.1, -0.05) is 13.8 Å². The summed E-state index contributed by atoms with van der Waals surface area (Å²) in [5.74, 6) is 1.69. The molecule has 1 aromatic rings. The third-order valence-electron chi connectivity index (χ3n) is 1.56. The minimum absolute atomic E-state index is 0.735. The summed E-state index contributed by atoms with van der Waals surface area (Å²) >= 11 is 0. The maximum atomic E-state index is 4.14. The third kappa shape index (κ3) is 3.12. The number of hydrogen-bond acceptors (Lipinski definition) is 2. The van der Waals surface area contributed by atoms with Crippen molar-refractivity contribution in [2.45, 2.75) is 26.7 Å². The van der Waals surface area contributed by atoms with Gasteiger partial charge in [0.15, 0.2) is 0 Å². The van der Waals surface area contributed by atoms with Crippen molar-refractivity contribution in [2.75, 3.05) is 0 Å². The lowest BCUT2D eigenvalue weighted by Crippen LogP contribution is -1.96. The van der Waals surface area contributed by atoms with E-state index in [9.17, 15) is 0 Å². The number of nitrogens with zero attached hydrogens (tertiary/aromatic N) is 2. The molecule has 0 bridgehead atoms. The molecule has 11 heavy (non-hydrogen) atoms. The van der Waals surface area contributed by atoms with Crippen molar-refractivity contribution < 1.29 is 0 Å². The molecule has 2 nitrogen and oxygen atoms in total. The Morgan fingerprint density at radius 3 is 2.45 bits per heavy atom. The lowest BCUT2D eigenvalue weighted by molar-refractivity contribution is 0.574. The van der Waals surface area contributed by atoms with Gasteiger partial charge in [-0.15, -0.1) is 0 Å². The van der Waals surface area contributed by atoms with Gasteiger partial charge in [-0.2, -0.15) is 0 Å². The molecular formula is C9H14N2. The SMILES string of the molecule is CC(C)CCc1ncccn1. The largest absolute Gasteiger partial charge is 0.241 e. The van der Waals surface area contributed by atoms with Gasteiger partial charge in [0.25, 0.3) is 0 Å². The van der Waals surface area contributed by atoms with E-state index in [1.807, 2.05) is 6.07 Å². The number of hydrogen-bond donors (Lipinski definition) is 0. The van der Waals surface area contributed by atoms with Crippen molar-refractivity contribution in [3.8, 4) is 0 Å². The maximum absolute atomic E-state index is 4.14. The topological polar surface area (TPSA) is 25.8 Å². The van der Waals surface area contributed by atoms with E-state index < -0.39 is 0 Å². The van der Waals surface area contributed by atoms with E-state index in [0.29, 0.717) is 0 Å². The second-order valence-corrected chi connectivity index (χ2v) is 3.10. The monoisotopic (exact) mass is 150 g/mol. The van der Waals surface area contributed by atoms with Crippen LogP contribution in [-0.2, 0) is 6.42 Å². The average molecular weight is 150 g/mol. The van der Waals surface area contributed by atoms with Gasteiger partial charge < -0.3 is 0 Å². The summed E-state index contributed by atoms with van der Waals surface area (Å²) in [6.45, 7) is 4.42. The highest BCUT2D eigenvalue weighted by Crippen LogP contribution is 2.03. The molecule has 1 rings (SSSR count). The second-order valence-electron chi connectivity index (χ2n) is 3.10. The lowest BCUT2D eigenvalue weighted by atomic mass is 10.1. The molecule has 0 aliphatic heterocycles. The van der Waals surface area contributed by atoms with Crippen molar-refractivity contribution in [1.29, 1.82) is 0 Å². The van der Waals surface area contributed by atoms with Gasteiger partial charge in [0, 0.05) is 18.8 Å². The Hall–Kier alpha value is -0.920. The van der Waals surface area contributed by atoms with Crippen LogP contribution in [0.25, 0.3) is 0 Å². The summed E-state index contributed by atoms with van der Waals surface area (Å²) in [7, 11) is 0. The van der Waals surface area contributed by atoms with Crippen molar-refractivity contribution in [3.05, 3.63) is 24.3 Å². The first-order chi connectivity index (χ1) is 5.29. The summed E-state index contributed by atoms with van der Waals surface area (Å²) < 4.78 is 0. The highest BCUT2D eigenvalue weighted by atomic mass is 14.8. The molecule has 60 valence electrons. The van der Waals surface area contributed by atoms with E-state index in [4.69, 9.17) is 0 Å². The van der Waals surface area contributed by atoms with Crippen LogP contribution in [-0.4, -0.2) is 9.97 Å². The summed E-state index contributed by atoms with van der Waals surface area (Å²) in [5.41, 5.74) is 0. The Bertz CT molecular complexity index is 194. The normalized spacial score (nSPS) is 10.5. The minimum Gasteiger partial charge on any atom is -0.241 e. The van der Waals surface area contributed by atoms with E-state index in [1.165, 1.54) is 6.42 Å². The Labute approximate surface area is 67.7 Å². The van der Waals surface area contributed by atoms with Gasteiger partial charge in [-0.25, -0.2) is 9.97 Å². The maximum Gasteiger partial charge on any atom is 0.128 e. The molecule has 0 aliphatic carbocycles. The predicted molar refractivity (Wildman–Crippen MR) is 45.2 cm³/mol. The van der Waals surface area contributed by atoms with Crippen molar-refractivity contribution in [2.24, 2.45) is 5.92 Å². The van der Waals surface area contributed by atoms with Crippen LogP contribution in [0.2, 0.25) is 0 Å². The Morgan fingerprint density at radius 1 is 1.27 bits per heavy atom. The van der Waals surface area contributed by atoms with Crippen molar-refractivity contribution in [1.82, 2.24) is 9.97 Å². The molecule has 0 saturated carbocycles. The molecule has 0 spiro atoms. The van der Waals surface area contributed by atoms with Crippen LogP contribution in [0.1, 0.15) is 26.1 Å². The highest BCUT2D eigenvalue weighted by molar-refractivity contribution is 4.88. The summed E-state index contributed by atoms with van der Waals surface area (Å²) in [6, 6.07) is 1.85. The molecule has 0 saturated heterocycles. The Balaban J connectivity index is 2.39. The Morgan fingerprint density at radius 2 is 1.91 bits per heavy atom. The molecule has 0 unspecified atom stereocenters. The number of aromatic nitrogens is 2. The van der Waals surface area contributed by atoms with Crippen LogP contribution in [0.15, 0.2) is 18.5 Å². The summed E-state index contributed by atoms with van der Waals surface area (Å²) in [4.78, 5) is 8.28. The molecule has 0 aliphatic rings. The van der Waals surface area contributed by atoms with Gasteiger partial charge in [-0.05, 0) is 18.4 Å². The van der Waals surface area contributed by atoms with Gasteiger partial charge >= 0.3 is 0 Å². The van der Waals surface area contributed by atoms with Gasteiger partial charge in [0.2, 0.25) is 0 Å². The van der Waals surface area contributed by atoms with Crippen LogP contribution in [0, 0.1) is 5.92 Å². The average Bonchev–Trinajstić information content (AvgIpc) is 2.03. The third-order valence-corrected chi connectivity index (χ3v) is 1.56. The molecule has 0 amide bonds. The zero-order valence-corrected chi connectivity index (χ0v) is 7.12. The first kappa shape index (κ1) is 8.18. The van der Waals surface area contributed by atoms with Crippen LogP contribution in [0.3, 0.4) is 0 Å². The van der Waals surface area contributed by atoms with E-state index >= 15 is 0 Å². The lowest BCUT2D eigenvalue weighted by Gasteiger charge is -2.01. The van der Waals surface area contributed by atoms with E-state index in [-0.39, 0.29) is 0 Å². The molecule has 0 fully saturated rings. The zero-order valence-electron chi connectivity index (χ0n) is 7.12. The molecule has 0 radical (unpaired) electrons. The van der Waals surface area contributed by atoms with Crippen LogP contribution in [0.5, 0.6) is 0 Å². The van der Waals surface area contributed by atoms with Gasteiger partial charge in [-0.3, -0.25) is 0 Å².